The summed E-state index contributed by atoms with van der Waals surface area (Å²) in [5.74, 6) is -4.68. The lowest BCUT2D eigenvalue weighted by Crippen LogP contribution is -2.25. The highest BCUT2D eigenvalue weighted by Crippen LogP contribution is 2.45. The van der Waals surface area contributed by atoms with Crippen LogP contribution in [-0.2, 0) is 30.4 Å². The van der Waals surface area contributed by atoms with Crippen molar-refractivity contribution in [2.45, 2.75) is 52.0 Å². The normalized spacial score (nSPS) is 15.9. The molecule has 0 amide bonds. The smallest absolute Gasteiger partial charge is 0.416 e. The van der Waals surface area contributed by atoms with Gasteiger partial charge in [-0.3, -0.25) is 4.79 Å². The molecule has 1 unspecified atom stereocenters. The maximum Gasteiger partial charge on any atom is 0.416 e. The minimum Gasteiger partial charge on any atom is -0.487 e. The summed E-state index contributed by atoms with van der Waals surface area (Å²) in [4.78, 5) is 10.9. The summed E-state index contributed by atoms with van der Waals surface area (Å²) in [6.07, 6.45) is -4.60. The fourth-order valence-corrected chi connectivity index (χ4v) is 3.56. The SMILES string of the molecule is CC(Cc1cc(F)c(OCc2ccc(C(F)(F)F)c3c2OC(C)(C)C3)c(F)c1)C(=O)O. The molecule has 1 aliphatic rings. The third kappa shape index (κ3) is 4.91. The molecule has 0 saturated carbocycles. The van der Waals surface area contributed by atoms with Crippen LogP contribution in [-0.4, -0.2) is 16.7 Å². The minimum absolute atomic E-state index is 0.00699. The Labute approximate surface area is 175 Å². The Bertz CT molecular complexity index is 991. The number of hydrogen-bond donors (Lipinski definition) is 1. The zero-order chi connectivity index (χ0) is 23.1. The number of ether oxygens (including phenoxy) is 2. The lowest BCUT2D eigenvalue weighted by atomic mass is 9.95. The number of carboxylic acid groups (broad SMARTS) is 1. The predicted octanol–water partition coefficient (Wildman–Crippen LogP) is 5.54. The number of carbonyl (C=O) groups is 1. The largest absolute Gasteiger partial charge is 0.487 e. The second-order valence-corrected chi connectivity index (χ2v) is 8.24. The molecule has 0 saturated heterocycles. The van der Waals surface area contributed by atoms with E-state index in [0.717, 1.165) is 18.2 Å². The molecule has 0 fully saturated rings. The van der Waals surface area contributed by atoms with E-state index >= 15 is 0 Å². The molecule has 4 nitrogen and oxygen atoms in total. The van der Waals surface area contributed by atoms with Gasteiger partial charge in [0.05, 0.1) is 11.5 Å². The molecular formula is C22H21F5O4. The number of alkyl halides is 3. The molecule has 0 radical (unpaired) electrons. The second-order valence-electron chi connectivity index (χ2n) is 8.24. The highest BCUT2D eigenvalue weighted by Gasteiger charge is 2.41. The van der Waals surface area contributed by atoms with E-state index in [-0.39, 0.29) is 35.3 Å². The van der Waals surface area contributed by atoms with Gasteiger partial charge in [0.15, 0.2) is 17.4 Å². The van der Waals surface area contributed by atoms with Crippen LogP contribution in [0.25, 0.3) is 0 Å². The molecule has 1 N–H and O–H groups in total. The molecule has 31 heavy (non-hydrogen) atoms. The summed E-state index contributed by atoms with van der Waals surface area (Å²) in [6.45, 7) is 4.30. The van der Waals surface area contributed by atoms with E-state index in [9.17, 15) is 26.7 Å². The Balaban J connectivity index is 1.86. The summed E-state index contributed by atoms with van der Waals surface area (Å²) in [5, 5.41) is 8.94. The predicted molar refractivity (Wildman–Crippen MR) is 101 cm³/mol. The molecule has 168 valence electrons. The highest BCUT2D eigenvalue weighted by atomic mass is 19.4. The number of fused-ring (bicyclic) bond motifs is 1. The van der Waals surface area contributed by atoms with Gasteiger partial charge in [-0.15, -0.1) is 0 Å². The van der Waals surface area contributed by atoms with Crippen LogP contribution in [0.2, 0.25) is 0 Å². The third-order valence-corrected chi connectivity index (χ3v) is 5.02. The van der Waals surface area contributed by atoms with E-state index in [2.05, 4.69) is 0 Å². The van der Waals surface area contributed by atoms with E-state index in [1.165, 1.54) is 13.0 Å². The first-order valence-electron chi connectivity index (χ1n) is 9.53. The lowest BCUT2D eigenvalue weighted by molar-refractivity contribution is -0.141. The molecule has 0 aromatic heterocycles. The second kappa shape index (κ2) is 8.01. The third-order valence-electron chi connectivity index (χ3n) is 5.02. The summed E-state index contributed by atoms with van der Waals surface area (Å²) in [7, 11) is 0. The Morgan fingerprint density at radius 1 is 1.23 bits per heavy atom. The van der Waals surface area contributed by atoms with Gasteiger partial charge in [-0.2, -0.15) is 13.2 Å². The minimum atomic E-state index is -4.56. The quantitative estimate of drug-likeness (QED) is 0.595. The first-order valence-corrected chi connectivity index (χ1v) is 9.53. The summed E-state index contributed by atoms with van der Waals surface area (Å²) < 4.78 is 79.7. The number of hydrogen-bond acceptors (Lipinski definition) is 3. The maximum atomic E-state index is 14.4. The van der Waals surface area contributed by atoms with Crippen molar-refractivity contribution in [1.29, 1.82) is 0 Å². The van der Waals surface area contributed by atoms with Gasteiger partial charge in [-0.25, -0.2) is 8.78 Å². The monoisotopic (exact) mass is 444 g/mol. The number of aliphatic carboxylic acids is 1. The van der Waals surface area contributed by atoms with Crippen molar-refractivity contribution in [2.24, 2.45) is 5.92 Å². The van der Waals surface area contributed by atoms with Gasteiger partial charge in [0.25, 0.3) is 0 Å². The van der Waals surface area contributed by atoms with Crippen LogP contribution >= 0.6 is 0 Å². The molecule has 1 heterocycles. The van der Waals surface area contributed by atoms with Crippen LogP contribution < -0.4 is 9.47 Å². The highest BCUT2D eigenvalue weighted by molar-refractivity contribution is 5.69. The average Bonchev–Trinajstić information content (AvgIpc) is 2.94. The molecule has 0 aliphatic carbocycles. The lowest BCUT2D eigenvalue weighted by Gasteiger charge is -2.18. The molecule has 0 bridgehead atoms. The summed E-state index contributed by atoms with van der Waals surface area (Å²) in [6, 6.07) is 4.04. The number of rotatable bonds is 6. The first kappa shape index (κ1) is 22.8. The van der Waals surface area contributed by atoms with Crippen LogP contribution in [0.15, 0.2) is 24.3 Å². The standard InChI is InChI=1S/C22H21F5O4/c1-11(20(28)29)6-12-7-16(23)19(17(24)8-12)30-10-13-4-5-15(22(25,26)27)14-9-21(2,3)31-18(13)14/h4-5,7-8,11H,6,9-10H2,1-3H3,(H,28,29). The van der Waals surface area contributed by atoms with Crippen molar-refractivity contribution in [3.63, 3.8) is 0 Å². The van der Waals surface area contributed by atoms with E-state index in [4.69, 9.17) is 14.6 Å². The molecular weight excluding hydrogens is 423 g/mol. The van der Waals surface area contributed by atoms with Crippen LogP contribution in [0.5, 0.6) is 11.5 Å². The number of benzene rings is 2. The average molecular weight is 444 g/mol. The molecule has 2 aromatic carbocycles. The van der Waals surface area contributed by atoms with E-state index in [1.807, 2.05) is 0 Å². The van der Waals surface area contributed by atoms with E-state index in [0.29, 0.717) is 0 Å². The van der Waals surface area contributed by atoms with Gasteiger partial charge in [0, 0.05) is 17.5 Å². The van der Waals surface area contributed by atoms with Gasteiger partial charge in [0.1, 0.15) is 18.0 Å². The fraction of sp³-hybridized carbons (Fsp3) is 0.409. The van der Waals surface area contributed by atoms with Crippen LogP contribution in [0.1, 0.15) is 43.0 Å². The number of carboxylic acids is 1. The summed E-state index contributed by atoms with van der Waals surface area (Å²) >= 11 is 0. The van der Waals surface area contributed by atoms with Crippen LogP contribution in [0.3, 0.4) is 0 Å². The van der Waals surface area contributed by atoms with Gasteiger partial charge in [-0.05, 0) is 44.0 Å². The van der Waals surface area contributed by atoms with Gasteiger partial charge < -0.3 is 14.6 Å². The molecule has 1 aliphatic heterocycles. The van der Waals surface area contributed by atoms with Gasteiger partial charge >= 0.3 is 12.1 Å². The fourth-order valence-electron chi connectivity index (χ4n) is 3.56. The number of halogens is 5. The first-order chi connectivity index (χ1) is 14.3. The maximum absolute atomic E-state index is 14.4. The zero-order valence-corrected chi connectivity index (χ0v) is 17.1. The molecule has 0 spiro atoms. The zero-order valence-electron chi connectivity index (χ0n) is 17.1. The van der Waals surface area contributed by atoms with E-state index < -0.39 is 53.2 Å². The summed E-state index contributed by atoms with van der Waals surface area (Å²) in [5.41, 5.74) is -1.31. The van der Waals surface area contributed by atoms with Crippen molar-refractivity contribution >= 4 is 5.97 Å². The van der Waals surface area contributed by atoms with Crippen molar-refractivity contribution in [3.8, 4) is 11.5 Å². The Morgan fingerprint density at radius 2 is 1.84 bits per heavy atom. The Morgan fingerprint density at radius 3 is 2.39 bits per heavy atom. The van der Waals surface area contributed by atoms with Crippen molar-refractivity contribution in [2.75, 3.05) is 0 Å². The van der Waals surface area contributed by atoms with Crippen molar-refractivity contribution in [1.82, 2.24) is 0 Å². The topological polar surface area (TPSA) is 55.8 Å². The molecule has 9 heteroatoms. The molecule has 2 aromatic rings. The molecule has 1 atom stereocenters. The molecule has 3 rings (SSSR count). The van der Waals surface area contributed by atoms with Crippen LogP contribution in [0.4, 0.5) is 22.0 Å². The Kier molecular flexibility index (Phi) is 5.90. The van der Waals surface area contributed by atoms with Crippen molar-refractivity contribution in [3.05, 3.63) is 58.2 Å². The van der Waals surface area contributed by atoms with Gasteiger partial charge in [-0.1, -0.05) is 13.0 Å². The van der Waals surface area contributed by atoms with Crippen LogP contribution in [0, 0.1) is 17.6 Å². The Hall–Kier alpha value is -2.84. The van der Waals surface area contributed by atoms with Crippen molar-refractivity contribution < 1.29 is 41.3 Å². The van der Waals surface area contributed by atoms with E-state index in [1.54, 1.807) is 13.8 Å². The van der Waals surface area contributed by atoms with Gasteiger partial charge in [0.2, 0.25) is 0 Å².